The predicted molar refractivity (Wildman–Crippen MR) is 108 cm³/mol. The summed E-state index contributed by atoms with van der Waals surface area (Å²) in [5.41, 5.74) is 1.19. The minimum atomic E-state index is -4.25. The normalized spacial score (nSPS) is 12.7. The average Bonchev–Trinajstić information content (AvgIpc) is 2.72. The Labute approximate surface area is 172 Å². The van der Waals surface area contributed by atoms with E-state index in [1.165, 1.54) is 49.4 Å². The minimum absolute atomic E-state index is 0.0179. The van der Waals surface area contributed by atoms with Crippen LogP contribution >= 0.6 is 0 Å². The summed E-state index contributed by atoms with van der Waals surface area (Å²) in [5, 5.41) is 2.56. The maximum absolute atomic E-state index is 12.8. The van der Waals surface area contributed by atoms with Gasteiger partial charge in [0, 0.05) is 34.9 Å². The summed E-state index contributed by atoms with van der Waals surface area (Å²) >= 11 is 0. The van der Waals surface area contributed by atoms with Gasteiger partial charge in [0.25, 0.3) is 0 Å². The topological polar surface area (TPSA) is 107 Å². The van der Waals surface area contributed by atoms with Crippen LogP contribution in [0.5, 0.6) is 5.75 Å². The number of hydrogen-bond donors (Lipinski definition) is 1. The summed E-state index contributed by atoms with van der Waals surface area (Å²) in [6, 6.07) is 15.9. The second-order valence-electron chi connectivity index (χ2n) is 6.65. The van der Waals surface area contributed by atoms with E-state index in [0.29, 0.717) is 11.3 Å². The van der Waals surface area contributed by atoms with Gasteiger partial charge in [0.2, 0.25) is 5.91 Å². The lowest BCUT2D eigenvalue weighted by Crippen LogP contribution is -2.21. The maximum Gasteiger partial charge on any atom is 0.339 e. The fraction of sp³-hybridized carbons (Fsp3) is 0.0455. The Balaban J connectivity index is 1.65. The van der Waals surface area contributed by atoms with Crippen LogP contribution in [0.2, 0.25) is 0 Å². The molecule has 3 aromatic rings. The van der Waals surface area contributed by atoms with E-state index < -0.39 is 15.9 Å². The fourth-order valence-electron chi connectivity index (χ4n) is 3.21. The summed E-state index contributed by atoms with van der Waals surface area (Å²) in [6.07, 6.45) is 0. The fourth-order valence-corrected chi connectivity index (χ4v) is 4.16. The quantitative estimate of drug-likeness (QED) is 0.507. The van der Waals surface area contributed by atoms with Crippen molar-refractivity contribution in [2.45, 2.75) is 11.8 Å². The van der Waals surface area contributed by atoms with Crippen molar-refractivity contribution in [3.8, 4) is 5.75 Å². The van der Waals surface area contributed by atoms with Gasteiger partial charge in [-0.1, -0.05) is 24.3 Å². The van der Waals surface area contributed by atoms with Gasteiger partial charge in [-0.25, -0.2) is 0 Å². The van der Waals surface area contributed by atoms with E-state index >= 15 is 0 Å². The highest BCUT2D eigenvalue weighted by Gasteiger charge is 2.31. The second-order valence-corrected chi connectivity index (χ2v) is 8.20. The summed E-state index contributed by atoms with van der Waals surface area (Å²) in [5.74, 6) is -0.976. The van der Waals surface area contributed by atoms with E-state index in [0.717, 1.165) is 6.07 Å². The molecule has 1 aliphatic carbocycles. The number of rotatable bonds is 4. The number of carbonyl (C=O) groups excluding carboxylic acids is 3. The van der Waals surface area contributed by atoms with Crippen molar-refractivity contribution in [3.63, 3.8) is 0 Å². The zero-order chi connectivity index (χ0) is 21.5. The van der Waals surface area contributed by atoms with Crippen LogP contribution in [0, 0.1) is 0 Å². The SMILES string of the molecule is CC(=O)Nc1ccc(OS(=O)(=O)c2ccc3c(c2)C(=O)c2ccccc2C3=O)cc1. The van der Waals surface area contributed by atoms with E-state index in [-0.39, 0.29) is 39.0 Å². The van der Waals surface area contributed by atoms with Crippen molar-refractivity contribution >= 4 is 33.3 Å². The first-order valence-corrected chi connectivity index (χ1v) is 10.3. The van der Waals surface area contributed by atoms with Gasteiger partial charge < -0.3 is 9.50 Å². The number of carbonyl (C=O) groups is 3. The van der Waals surface area contributed by atoms with Gasteiger partial charge >= 0.3 is 10.1 Å². The molecule has 1 aliphatic rings. The lowest BCUT2D eigenvalue weighted by molar-refractivity contribution is -0.114. The largest absolute Gasteiger partial charge is 0.379 e. The molecule has 8 heteroatoms. The van der Waals surface area contributed by atoms with Crippen molar-refractivity contribution in [3.05, 3.63) is 89.0 Å². The Morgan fingerprint density at radius 3 is 1.97 bits per heavy atom. The van der Waals surface area contributed by atoms with Crippen molar-refractivity contribution in [2.75, 3.05) is 5.32 Å². The number of ketones is 2. The van der Waals surface area contributed by atoms with Gasteiger partial charge in [-0.2, -0.15) is 8.42 Å². The third-order valence-electron chi connectivity index (χ3n) is 4.57. The molecule has 0 fully saturated rings. The van der Waals surface area contributed by atoms with Crippen LogP contribution in [0.15, 0.2) is 71.6 Å². The van der Waals surface area contributed by atoms with Crippen LogP contribution in [-0.2, 0) is 14.9 Å². The molecule has 1 amide bonds. The molecule has 0 radical (unpaired) electrons. The Morgan fingerprint density at radius 2 is 1.37 bits per heavy atom. The van der Waals surface area contributed by atoms with Crippen LogP contribution in [0.3, 0.4) is 0 Å². The van der Waals surface area contributed by atoms with Crippen LogP contribution in [0.4, 0.5) is 5.69 Å². The monoisotopic (exact) mass is 421 g/mol. The first-order valence-electron chi connectivity index (χ1n) is 8.91. The molecule has 0 aliphatic heterocycles. The maximum atomic E-state index is 12.8. The molecular formula is C22H15NO6S. The summed E-state index contributed by atoms with van der Waals surface area (Å²) in [7, 11) is -4.25. The minimum Gasteiger partial charge on any atom is -0.379 e. The average molecular weight is 421 g/mol. The number of amides is 1. The highest BCUT2D eigenvalue weighted by molar-refractivity contribution is 7.87. The molecule has 0 spiro atoms. The van der Waals surface area contributed by atoms with Crippen LogP contribution in [0.25, 0.3) is 0 Å². The molecule has 150 valence electrons. The van der Waals surface area contributed by atoms with E-state index in [9.17, 15) is 22.8 Å². The van der Waals surface area contributed by atoms with Gasteiger partial charge in [-0.05, 0) is 42.5 Å². The van der Waals surface area contributed by atoms with Gasteiger partial charge in [0.1, 0.15) is 10.6 Å². The number of anilines is 1. The molecule has 3 aromatic carbocycles. The van der Waals surface area contributed by atoms with Crippen LogP contribution in [-0.4, -0.2) is 25.9 Å². The molecule has 0 saturated carbocycles. The Kier molecular flexibility index (Phi) is 4.71. The molecule has 0 heterocycles. The summed E-state index contributed by atoms with van der Waals surface area (Å²) in [6.45, 7) is 1.36. The first kappa shape index (κ1) is 19.5. The van der Waals surface area contributed by atoms with Crippen molar-refractivity contribution in [1.82, 2.24) is 0 Å². The van der Waals surface area contributed by atoms with Gasteiger partial charge in [0.15, 0.2) is 11.6 Å². The highest BCUT2D eigenvalue weighted by atomic mass is 32.2. The van der Waals surface area contributed by atoms with Gasteiger partial charge in [0.05, 0.1) is 0 Å². The Hall–Kier alpha value is -3.78. The molecule has 4 rings (SSSR count). The van der Waals surface area contributed by atoms with Gasteiger partial charge in [-0.15, -0.1) is 0 Å². The number of nitrogens with one attached hydrogen (secondary N) is 1. The van der Waals surface area contributed by atoms with Gasteiger partial charge in [-0.3, -0.25) is 14.4 Å². The van der Waals surface area contributed by atoms with E-state index in [4.69, 9.17) is 4.18 Å². The standard InChI is InChI=1S/C22H15NO6S/c1-13(24)23-14-6-8-15(9-7-14)29-30(27,28)16-10-11-19-20(12-16)22(26)18-5-3-2-4-17(18)21(19)25/h2-12H,1H3,(H,23,24). The molecule has 30 heavy (non-hydrogen) atoms. The lowest BCUT2D eigenvalue weighted by atomic mass is 9.84. The molecule has 0 unspecified atom stereocenters. The van der Waals surface area contributed by atoms with E-state index in [2.05, 4.69) is 5.32 Å². The highest BCUT2D eigenvalue weighted by Crippen LogP contribution is 2.30. The van der Waals surface area contributed by atoms with Crippen LogP contribution < -0.4 is 9.50 Å². The molecule has 0 atom stereocenters. The van der Waals surface area contributed by atoms with Crippen molar-refractivity contribution < 1.29 is 27.0 Å². The number of fused-ring (bicyclic) bond motifs is 2. The predicted octanol–water partition coefficient (Wildman–Crippen LogP) is 3.19. The molecular weight excluding hydrogens is 406 g/mol. The summed E-state index contributed by atoms with van der Waals surface area (Å²) < 4.78 is 30.5. The lowest BCUT2D eigenvalue weighted by Gasteiger charge is -2.18. The van der Waals surface area contributed by atoms with Crippen molar-refractivity contribution in [1.29, 1.82) is 0 Å². The smallest absolute Gasteiger partial charge is 0.339 e. The third kappa shape index (κ3) is 3.48. The number of hydrogen-bond acceptors (Lipinski definition) is 6. The zero-order valence-electron chi connectivity index (χ0n) is 15.7. The number of benzene rings is 3. The molecule has 0 bridgehead atoms. The van der Waals surface area contributed by atoms with Crippen LogP contribution in [0.1, 0.15) is 38.8 Å². The van der Waals surface area contributed by atoms with E-state index in [1.807, 2.05) is 0 Å². The van der Waals surface area contributed by atoms with E-state index in [1.54, 1.807) is 18.2 Å². The summed E-state index contributed by atoms with van der Waals surface area (Å²) in [4.78, 5) is 36.3. The van der Waals surface area contributed by atoms with Crippen molar-refractivity contribution in [2.24, 2.45) is 0 Å². The zero-order valence-corrected chi connectivity index (χ0v) is 16.5. The first-order chi connectivity index (χ1) is 14.3. The third-order valence-corrected chi connectivity index (χ3v) is 5.81. The second kappa shape index (κ2) is 7.23. The molecule has 0 saturated heterocycles. The Bertz CT molecular complexity index is 1310. The Morgan fingerprint density at radius 1 is 0.800 bits per heavy atom. The molecule has 1 N–H and O–H groups in total. The molecule has 0 aromatic heterocycles. The molecule has 7 nitrogen and oxygen atoms in total.